The van der Waals surface area contributed by atoms with E-state index < -0.39 is 25.3 Å². The van der Waals surface area contributed by atoms with Gasteiger partial charge in [-0.15, -0.1) is 0 Å². The van der Waals surface area contributed by atoms with Crippen molar-refractivity contribution < 1.29 is 22.7 Å². The molecule has 3 nitrogen and oxygen atoms in total. The Balaban J connectivity index is 2.50. The largest absolute Gasteiger partial charge is 0.411 e. The van der Waals surface area contributed by atoms with Gasteiger partial charge in [0.25, 0.3) is 0 Å². The number of carbonyl (C=O) groups excluding carboxylic acids is 1. The second kappa shape index (κ2) is 8.26. The summed E-state index contributed by atoms with van der Waals surface area (Å²) in [6.07, 6.45) is -4.42. The molecule has 0 fully saturated rings. The lowest BCUT2D eigenvalue weighted by Crippen LogP contribution is -2.36. The van der Waals surface area contributed by atoms with Gasteiger partial charge < -0.3 is 9.64 Å². The summed E-state index contributed by atoms with van der Waals surface area (Å²) in [5.41, 5.74) is 0.914. The number of amides is 1. The fourth-order valence-corrected chi connectivity index (χ4v) is 1.97. The molecular formula is C13H15BrF3NO2. The van der Waals surface area contributed by atoms with Gasteiger partial charge in [-0.05, 0) is 5.56 Å². The van der Waals surface area contributed by atoms with Crippen molar-refractivity contribution in [3.8, 4) is 0 Å². The number of halogens is 4. The van der Waals surface area contributed by atoms with Crippen LogP contribution >= 0.6 is 15.9 Å². The van der Waals surface area contributed by atoms with Crippen molar-refractivity contribution in [3.05, 3.63) is 35.9 Å². The molecule has 0 aliphatic rings. The van der Waals surface area contributed by atoms with Gasteiger partial charge in [0.05, 0.1) is 0 Å². The summed E-state index contributed by atoms with van der Waals surface area (Å²) in [6.45, 7) is -1.23. The van der Waals surface area contributed by atoms with Crippen LogP contribution in [0.2, 0.25) is 0 Å². The van der Waals surface area contributed by atoms with Crippen LogP contribution in [0.15, 0.2) is 30.3 Å². The number of ether oxygens (including phenoxy) is 1. The number of alkyl halides is 4. The van der Waals surface area contributed by atoms with Crippen molar-refractivity contribution in [1.29, 1.82) is 0 Å². The molecule has 7 heteroatoms. The van der Waals surface area contributed by atoms with E-state index in [-0.39, 0.29) is 0 Å². The molecule has 112 valence electrons. The maximum Gasteiger partial charge on any atom is 0.411 e. The standard InChI is InChI=1S/C13H15BrF3NO2/c14-6-7-18(8-11-4-2-1-3-5-11)12(19)9-20-10-13(15,16)17/h1-5H,6-10H2. The third-order valence-corrected chi connectivity index (χ3v) is 2.77. The molecular weight excluding hydrogens is 339 g/mol. The Morgan fingerprint density at radius 3 is 2.45 bits per heavy atom. The highest BCUT2D eigenvalue weighted by atomic mass is 79.9. The van der Waals surface area contributed by atoms with E-state index in [2.05, 4.69) is 20.7 Å². The summed E-state index contributed by atoms with van der Waals surface area (Å²) < 4.78 is 40.2. The zero-order valence-electron chi connectivity index (χ0n) is 10.7. The molecule has 1 rings (SSSR count). The van der Waals surface area contributed by atoms with Crippen molar-refractivity contribution >= 4 is 21.8 Å². The molecule has 0 unspecified atom stereocenters. The number of carbonyl (C=O) groups is 1. The minimum absolute atomic E-state index is 0.348. The van der Waals surface area contributed by atoms with Gasteiger partial charge in [-0.25, -0.2) is 0 Å². The second-order valence-corrected chi connectivity index (χ2v) is 4.89. The van der Waals surface area contributed by atoms with Gasteiger partial charge in [0.1, 0.15) is 13.2 Å². The van der Waals surface area contributed by atoms with E-state index in [1.165, 1.54) is 4.90 Å². The minimum Gasteiger partial charge on any atom is -0.362 e. The van der Waals surface area contributed by atoms with Gasteiger partial charge in [0.2, 0.25) is 5.91 Å². The summed E-state index contributed by atoms with van der Waals surface area (Å²) in [4.78, 5) is 13.3. The summed E-state index contributed by atoms with van der Waals surface area (Å²) in [5.74, 6) is -0.461. The van der Waals surface area contributed by atoms with Gasteiger partial charge in [-0.3, -0.25) is 4.79 Å². The lowest BCUT2D eigenvalue weighted by atomic mass is 10.2. The summed E-state index contributed by atoms with van der Waals surface area (Å²) in [7, 11) is 0. The average Bonchev–Trinajstić information content (AvgIpc) is 2.38. The molecule has 0 N–H and O–H groups in total. The summed E-state index contributed by atoms with van der Waals surface area (Å²) in [6, 6.07) is 9.24. The first-order chi connectivity index (χ1) is 9.42. The molecule has 1 amide bonds. The molecule has 0 heterocycles. The lowest BCUT2D eigenvalue weighted by molar-refractivity contribution is -0.177. The van der Waals surface area contributed by atoms with Gasteiger partial charge >= 0.3 is 6.18 Å². The van der Waals surface area contributed by atoms with Crippen LogP contribution in [-0.4, -0.2) is 42.1 Å². The second-order valence-electron chi connectivity index (χ2n) is 4.10. The third kappa shape index (κ3) is 6.91. The molecule has 1 aromatic carbocycles. The predicted molar refractivity (Wildman–Crippen MR) is 72.5 cm³/mol. The van der Waals surface area contributed by atoms with Crippen LogP contribution < -0.4 is 0 Å². The molecule has 0 bridgehead atoms. The number of rotatable bonds is 7. The van der Waals surface area contributed by atoms with E-state index in [0.717, 1.165) is 5.56 Å². The van der Waals surface area contributed by atoms with E-state index in [9.17, 15) is 18.0 Å². The molecule has 0 radical (unpaired) electrons. The highest BCUT2D eigenvalue weighted by Crippen LogP contribution is 2.14. The first kappa shape index (κ1) is 17.0. The van der Waals surface area contributed by atoms with Crippen molar-refractivity contribution in [2.75, 3.05) is 25.1 Å². The molecule has 0 atom stereocenters. The molecule has 0 saturated heterocycles. The number of nitrogens with zero attached hydrogens (tertiary/aromatic N) is 1. The number of hydrogen-bond donors (Lipinski definition) is 0. The van der Waals surface area contributed by atoms with E-state index in [4.69, 9.17) is 0 Å². The minimum atomic E-state index is -4.42. The molecule has 0 aliphatic carbocycles. The first-order valence-corrected chi connectivity index (χ1v) is 7.06. The van der Waals surface area contributed by atoms with Crippen LogP contribution in [0.25, 0.3) is 0 Å². The van der Waals surface area contributed by atoms with Crippen molar-refractivity contribution in [3.63, 3.8) is 0 Å². The maximum absolute atomic E-state index is 11.9. The van der Waals surface area contributed by atoms with Crippen molar-refractivity contribution in [2.24, 2.45) is 0 Å². The van der Waals surface area contributed by atoms with Crippen LogP contribution in [0, 0.1) is 0 Å². The monoisotopic (exact) mass is 353 g/mol. The zero-order valence-corrected chi connectivity index (χ0v) is 12.3. The Kier molecular flexibility index (Phi) is 7.01. The number of hydrogen-bond acceptors (Lipinski definition) is 2. The molecule has 20 heavy (non-hydrogen) atoms. The van der Waals surface area contributed by atoms with Gasteiger partial charge in [0, 0.05) is 18.4 Å². The SMILES string of the molecule is O=C(COCC(F)(F)F)N(CCBr)Cc1ccccc1. The van der Waals surface area contributed by atoms with Crippen LogP contribution in [0.1, 0.15) is 5.56 Å². The highest BCUT2D eigenvalue weighted by Gasteiger charge is 2.28. The Labute approximate surface area is 123 Å². The average molecular weight is 354 g/mol. The maximum atomic E-state index is 11.9. The van der Waals surface area contributed by atoms with Gasteiger partial charge in [0.15, 0.2) is 0 Å². The number of benzene rings is 1. The fraction of sp³-hybridized carbons (Fsp3) is 0.462. The van der Waals surface area contributed by atoms with Crippen LogP contribution in [0.3, 0.4) is 0 Å². The van der Waals surface area contributed by atoms with E-state index >= 15 is 0 Å². The topological polar surface area (TPSA) is 29.5 Å². The van der Waals surface area contributed by atoms with Crippen molar-refractivity contribution in [1.82, 2.24) is 4.90 Å². The Hall–Kier alpha value is -1.08. The lowest BCUT2D eigenvalue weighted by Gasteiger charge is -2.22. The van der Waals surface area contributed by atoms with Crippen LogP contribution in [0.4, 0.5) is 13.2 Å². The quantitative estimate of drug-likeness (QED) is 0.705. The fourth-order valence-electron chi connectivity index (χ4n) is 1.54. The smallest absolute Gasteiger partial charge is 0.362 e. The van der Waals surface area contributed by atoms with Crippen molar-refractivity contribution in [2.45, 2.75) is 12.7 Å². The molecule has 0 saturated carbocycles. The summed E-state index contributed by atoms with van der Waals surface area (Å²) >= 11 is 3.22. The highest BCUT2D eigenvalue weighted by molar-refractivity contribution is 9.09. The van der Waals surface area contributed by atoms with E-state index in [1.807, 2.05) is 30.3 Å². The molecule has 0 aliphatic heterocycles. The molecule has 0 spiro atoms. The van der Waals surface area contributed by atoms with E-state index in [1.54, 1.807) is 0 Å². The Morgan fingerprint density at radius 2 is 1.90 bits per heavy atom. The third-order valence-electron chi connectivity index (χ3n) is 2.41. The summed E-state index contributed by atoms with van der Waals surface area (Å²) in [5, 5.41) is 0.546. The zero-order chi connectivity index (χ0) is 15.0. The predicted octanol–water partition coefficient (Wildman–Crippen LogP) is 2.99. The van der Waals surface area contributed by atoms with Gasteiger partial charge in [-0.1, -0.05) is 46.3 Å². The Bertz CT molecular complexity index is 412. The first-order valence-electron chi connectivity index (χ1n) is 5.94. The van der Waals surface area contributed by atoms with Crippen LogP contribution in [0.5, 0.6) is 0 Å². The molecule has 0 aromatic heterocycles. The van der Waals surface area contributed by atoms with Crippen LogP contribution in [-0.2, 0) is 16.1 Å². The normalized spacial score (nSPS) is 11.4. The van der Waals surface area contributed by atoms with E-state index in [0.29, 0.717) is 18.4 Å². The Morgan fingerprint density at radius 1 is 1.25 bits per heavy atom. The molecule has 1 aromatic rings. The van der Waals surface area contributed by atoms with Gasteiger partial charge in [-0.2, -0.15) is 13.2 Å².